The van der Waals surface area contributed by atoms with Crippen molar-refractivity contribution in [1.29, 1.82) is 5.26 Å². The van der Waals surface area contributed by atoms with Gasteiger partial charge in [-0.05, 0) is 24.5 Å². The van der Waals surface area contributed by atoms with Crippen molar-refractivity contribution in [2.75, 3.05) is 13.1 Å². The molecule has 0 aliphatic rings. The fourth-order valence-corrected chi connectivity index (χ4v) is 2.88. The lowest BCUT2D eigenvalue weighted by Gasteiger charge is -2.22. The van der Waals surface area contributed by atoms with Crippen molar-refractivity contribution in [3.63, 3.8) is 0 Å². The summed E-state index contributed by atoms with van der Waals surface area (Å²) in [5.74, 6) is 0.652. The Kier molecular flexibility index (Phi) is 6.25. The number of thiophene rings is 1. The minimum Gasteiger partial charge on any atom is -0.297 e. The topological polar surface area (TPSA) is 27.0 Å². The predicted molar refractivity (Wildman–Crippen MR) is 74.0 cm³/mol. The van der Waals surface area contributed by atoms with E-state index in [4.69, 9.17) is 5.26 Å². The first-order chi connectivity index (χ1) is 8.15. The average molecular weight is 250 g/mol. The molecule has 3 heteroatoms. The average Bonchev–Trinajstić information content (AvgIpc) is 2.73. The second kappa shape index (κ2) is 7.47. The zero-order chi connectivity index (χ0) is 12.7. The maximum atomic E-state index is 8.68. The van der Waals surface area contributed by atoms with Crippen LogP contribution in [0.15, 0.2) is 12.1 Å². The molecule has 0 N–H and O–H groups in total. The third kappa shape index (κ3) is 5.34. The minimum atomic E-state index is 0.624. The molecule has 1 rings (SSSR count). The van der Waals surface area contributed by atoms with Crippen molar-refractivity contribution in [2.24, 2.45) is 5.92 Å². The third-order valence-corrected chi connectivity index (χ3v) is 3.82. The Morgan fingerprint density at radius 1 is 1.35 bits per heavy atom. The van der Waals surface area contributed by atoms with Crippen LogP contribution < -0.4 is 0 Å². The van der Waals surface area contributed by atoms with Crippen LogP contribution in [0.5, 0.6) is 0 Å². The van der Waals surface area contributed by atoms with Gasteiger partial charge >= 0.3 is 0 Å². The molecule has 0 fully saturated rings. The van der Waals surface area contributed by atoms with Gasteiger partial charge in [-0.15, -0.1) is 11.3 Å². The van der Waals surface area contributed by atoms with Gasteiger partial charge < -0.3 is 0 Å². The summed E-state index contributed by atoms with van der Waals surface area (Å²) in [5.41, 5.74) is 0. The van der Waals surface area contributed by atoms with Gasteiger partial charge in [0.25, 0.3) is 0 Å². The summed E-state index contributed by atoms with van der Waals surface area (Å²) in [4.78, 5) is 5.25. The largest absolute Gasteiger partial charge is 0.297 e. The summed E-state index contributed by atoms with van der Waals surface area (Å²) in [6, 6.07) is 6.68. The summed E-state index contributed by atoms with van der Waals surface area (Å²) in [6.07, 6.45) is 1.74. The van der Waals surface area contributed by atoms with E-state index in [1.54, 1.807) is 0 Å². The third-order valence-electron chi connectivity index (χ3n) is 2.61. The highest BCUT2D eigenvalue weighted by Gasteiger charge is 2.09. The molecule has 0 saturated heterocycles. The monoisotopic (exact) mass is 250 g/mol. The van der Waals surface area contributed by atoms with Crippen LogP contribution in [0, 0.1) is 17.2 Å². The van der Waals surface area contributed by atoms with E-state index in [1.807, 2.05) is 11.3 Å². The normalized spacial score (nSPS) is 11.1. The standard InChI is InChI=1S/C14H22N2S/c1-4-13-6-7-14(17-13)11-16(9-5-8-15)10-12(2)3/h6-7,12H,4-5,9-11H2,1-3H3. The van der Waals surface area contributed by atoms with Gasteiger partial charge in [-0.25, -0.2) is 0 Å². The molecule has 0 unspecified atom stereocenters. The highest BCUT2D eigenvalue weighted by atomic mass is 32.1. The fourth-order valence-electron chi connectivity index (χ4n) is 1.88. The van der Waals surface area contributed by atoms with Crippen molar-refractivity contribution in [2.45, 2.75) is 40.2 Å². The smallest absolute Gasteiger partial charge is 0.0635 e. The first-order valence-electron chi connectivity index (χ1n) is 6.32. The lowest BCUT2D eigenvalue weighted by Crippen LogP contribution is -2.27. The Bertz CT molecular complexity index is 363. The van der Waals surface area contributed by atoms with Gasteiger partial charge in [0, 0.05) is 35.8 Å². The van der Waals surface area contributed by atoms with Crippen molar-refractivity contribution in [3.8, 4) is 6.07 Å². The molecule has 2 nitrogen and oxygen atoms in total. The number of nitrogens with zero attached hydrogens (tertiary/aromatic N) is 2. The van der Waals surface area contributed by atoms with Gasteiger partial charge in [-0.2, -0.15) is 5.26 Å². The molecule has 0 spiro atoms. The number of aryl methyl sites for hydroxylation is 1. The Morgan fingerprint density at radius 2 is 2.06 bits per heavy atom. The number of hydrogen-bond donors (Lipinski definition) is 0. The molecule has 0 aliphatic heterocycles. The zero-order valence-corrected chi connectivity index (χ0v) is 11.9. The van der Waals surface area contributed by atoms with Gasteiger partial charge in [0.1, 0.15) is 0 Å². The van der Waals surface area contributed by atoms with Crippen LogP contribution in [0.2, 0.25) is 0 Å². The summed E-state index contributed by atoms with van der Waals surface area (Å²) in [7, 11) is 0. The maximum absolute atomic E-state index is 8.68. The highest BCUT2D eigenvalue weighted by Crippen LogP contribution is 2.19. The fraction of sp³-hybridized carbons (Fsp3) is 0.643. The molecular formula is C14H22N2S. The Morgan fingerprint density at radius 3 is 2.59 bits per heavy atom. The van der Waals surface area contributed by atoms with E-state index in [0.717, 1.165) is 26.1 Å². The first-order valence-corrected chi connectivity index (χ1v) is 7.14. The molecule has 1 aromatic rings. The van der Waals surface area contributed by atoms with E-state index in [1.165, 1.54) is 9.75 Å². The van der Waals surface area contributed by atoms with E-state index in [-0.39, 0.29) is 0 Å². The molecule has 0 radical (unpaired) electrons. The summed E-state index contributed by atoms with van der Waals surface area (Å²) in [6.45, 7) is 9.59. The first kappa shape index (κ1) is 14.2. The Hall–Kier alpha value is -0.850. The Labute approximate surface area is 109 Å². The van der Waals surface area contributed by atoms with E-state index in [9.17, 15) is 0 Å². The molecule has 0 saturated carbocycles. The quantitative estimate of drug-likeness (QED) is 0.738. The second-order valence-electron chi connectivity index (χ2n) is 4.76. The van der Waals surface area contributed by atoms with Crippen LogP contribution in [0.3, 0.4) is 0 Å². The summed E-state index contributed by atoms with van der Waals surface area (Å²) < 4.78 is 0. The second-order valence-corrected chi connectivity index (χ2v) is 6.01. The lowest BCUT2D eigenvalue weighted by atomic mass is 10.2. The molecule has 0 atom stereocenters. The number of nitriles is 1. The Balaban J connectivity index is 2.55. The SMILES string of the molecule is CCc1ccc(CN(CCC#N)CC(C)C)s1. The lowest BCUT2D eigenvalue weighted by molar-refractivity contribution is 0.243. The van der Waals surface area contributed by atoms with E-state index >= 15 is 0 Å². The predicted octanol–water partition coefficient (Wildman–Crippen LogP) is 3.68. The molecule has 1 heterocycles. The van der Waals surface area contributed by atoms with Crippen LogP contribution in [0.25, 0.3) is 0 Å². The molecule has 17 heavy (non-hydrogen) atoms. The zero-order valence-electron chi connectivity index (χ0n) is 11.1. The van der Waals surface area contributed by atoms with E-state index in [2.05, 4.69) is 43.9 Å². The van der Waals surface area contributed by atoms with Gasteiger partial charge in [0.05, 0.1) is 6.07 Å². The van der Waals surface area contributed by atoms with E-state index in [0.29, 0.717) is 12.3 Å². The van der Waals surface area contributed by atoms with Crippen LogP contribution in [-0.2, 0) is 13.0 Å². The molecule has 0 bridgehead atoms. The highest BCUT2D eigenvalue weighted by molar-refractivity contribution is 7.11. The molecular weight excluding hydrogens is 228 g/mol. The van der Waals surface area contributed by atoms with Crippen LogP contribution in [0.1, 0.15) is 36.9 Å². The molecule has 1 aromatic heterocycles. The number of rotatable bonds is 7. The minimum absolute atomic E-state index is 0.624. The van der Waals surface area contributed by atoms with Gasteiger partial charge in [-0.1, -0.05) is 20.8 Å². The van der Waals surface area contributed by atoms with Crippen molar-refractivity contribution in [3.05, 3.63) is 21.9 Å². The van der Waals surface area contributed by atoms with Gasteiger partial charge in [0.2, 0.25) is 0 Å². The molecule has 0 amide bonds. The summed E-state index contributed by atoms with van der Waals surface area (Å²) >= 11 is 1.90. The number of hydrogen-bond acceptors (Lipinski definition) is 3. The molecule has 94 valence electrons. The van der Waals surface area contributed by atoms with Crippen LogP contribution in [-0.4, -0.2) is 18.0 Å². The maximum Gasteiger partial charge on any atom is 0.0635 e. The molecule has 0 aliphatic carbocycles. The van der Waals surface area contributed by atoms with Crippen LogP contribution >= 0.6 is 11.3 Å². The van der Waals surface area contributed by atoms with Gasteiger partial charge in [0.15, 0.2) is 0 Å². The molecule has 0 aromatic carbocycles. The van der Waals surface area contributed by atoms with E-state index < -0.39 is 0 Å². The van der Waals surface area contributed by atoms with Gasteiger partial charge in [-0.3, -0.25) is 4.90 Å². The van der Waals surface area contributed by atoms with Crippen molar-refractivity contribution >= 4 is 11.3 Å². The summed E-state index contributed by atoms with van der Waals surface area (Å²) in [5, 5.41) is 8.68. The van der Waals surface area contributed by atoms with Crippen molar-refractivity contribution < 1.29 is 0 Å². The van der Waals surface area contributed by atoms with Crippen LogP contribution in [0.4, 0.5) is 0 Å². The van der Waals surface area contributed by atoms with Crippen molar-refractivity contribution in [1.82, 2.24) is 4.90 Å².